The van der Waals surface area contributed by atoms with E-state index in [4.69, 9.17) is 23.2 Å². The number of alkyl halides is 3. The van der Waals surface area contributed by atoms with Crippen LogP contribution in [0.15, 0.2) is 36.4 Å². The van der Waals surface area contributed by atoms with E-state index in [-0.39, 0.29) is 17.6 Å². The molecule has 2 fully saturated rings. The summed E-state index contributed by atoms with van der Waals surface area (Å²) in [5.41, 5.74) is -1.04. The zero-order valence-corrected chi connectivity index (χ0v) is 22.0. The van der Waals surface area contributed by atoms with E-state index in [0.29, 0.717) is 75.1 Å². The third-order valence-electron chi connectivity index (χ3n) is 7.00. The molecule has 1 N–H and O–H groups in total. The van der Waals surface area contributed by atoms with Crippen LogP contribution in [0.25, 0.3) is 0 Å². The first-order chi connectivity index (χ1) is 18.0. The summed E-state index contributed by atoms with van der Waals surface area (Å²) in [5, 5.41) is 15.0. The first-order valence-electron chi connectivity index (χ1n) is 12.3. The van der Waals surface area contributed by atoms with Gasteiger partial charge in [-0.2, -0.15) is 13.2 Å². The average molecular weight is 574 g/mol. The Kier molecular flexibility index (Phi) is 8.89. The topological polar surface area (TPSA) is 82.0 Å². The van der Waals surface area contributed by atoms with Crippen LogP contribution in [0, 0.1) is 10.1 Å². The lowest BCUT2D eigenvalue weighted by molar-refractivity contribution is -0.388. The summed E-state index contributed by atoms with van der Waals surface area (Å²) in [4.78, 5) is 28.9. The van der Waals surface area contributed by atoms with Crippen LogP contribution in [-0.2, 0) is 11.0 Å². The van der Waals surface area contributed by atoms with Crippen LogP contribution in [0.3, 0.4) is 0 Å². The number of nitrogens with zero attached hydrogens (tertiary/aromatic N) is 4. The minimum Gasteiger partial charge on any atom is -0.382 e. The van der Waals surface area contributed by atoms with Gasteiger partial charge in [0, 0.05) is 75.7 Å². The molecule has 0 atom stereocenters. The summed E-state index contributed by atoms with van der Waals surface area (Å²) >= 11 is 12.1. The lowest BCUT2D eigenvalue weighted by Gasteiger charge is -2.37. The highest BCUT2D eigenvalue weighted by molar-refractivity contribution is 6.42. The Bertz CT molecular complexity index is 1170. The number of nitro benzene ring substituents is 1. The number of anilines is 2. The Balaban J connectivity index is 1.20. The third kappa shape index (κ3) is 7.00. The fourth-order valence-electron chi connectivity index (χ4n) is 4.86. The number of rotatable bonds is 7. The average Bonchev–Trinajstić information content (AvgIpc) is 2.89. The van der Waals surface area contributed by atoms with Gasteiger partial charge in [0.2, 0.25) is 5.91 Å². The minimum absolute atomic E-state index is 0.0565. The number of nitrogens with one attached hydrogen (secondary N) is 1. The highest BCUT2D eigenvalue weighted by atomic mass is 35.5. The van der Waals surface area contributed by atoms with Gasteiger partial charge in [-0.05, 0) is 43.2 Å². The highest BCUT2D eigenvalue weighted by Gasteiger charge is 2.38. The first-order valence-corrected chi connectivity index (χ1v) is 13.1. The van der Waals surface area contributed by atoms with Crippen molar-refractivity contribution in [1.29, 1.82) is 0 Å². The first kappa shape index (κ1) is 28.3. The molecule has 13 heteroatoms. The van der Waals surface area contributed by atoms with Gasteiger partial charge in [0.25, 0.3) is 5.69 Å². The maximum absolute atomic E-state index is 13.2. The molecule has 0 radical (unpaired) electrons. The number of likely N-dealkylation sites (tertiary alicyclic amines) is 1. The number of hydrogen-bond acceptors (Lipinski definition) is 6. The molecule has 38 heavy (non-hydrogen) atoms. The summed E-state index contributed by atoms with van der Waals surface area (Å²) < 4.78 is 39.7. The monoisotopic (exact) mass is 573 g/mol. The van der Waals surface area contributed by atoms with Crippen molar-refractivity contribution in [3.63, 3.8) is 0 Å². The fourth-order valence-corrected chi connectivity index (χ4v) is 5.15. The second-order valence-corrected chi connectivity index (χ2v) is 10.3. The lowest BCUT2D eigenvalue weighted by Crippen LogP contribution is -2.49. The molecule has 0 spiro atoms. The number of carbonyl (C=O) groups is 1. The zero-order chi connectivity index (χ0) is 27.4. The van der Waals surface area contributed by atoms with E-state index in [1.165, 1.54) is 6.07 Å². The number of piperazine rings is 1. The number of piperidine rings is 1. The molecule has 0 unspecified atom stereocenters. The largest absolute Gasteiger partial charge is 0.423 e. The molecular formula is C25H28Cl2F3N5O3. The van der Waals surface area contributed by atoms with E-state index in [1.807, 2.05) is 17.0 Å². The molecule has 2 heterocycles. The molecule has 8 nitrogen and oxygen atoms in total. The quantitative estimate of drug-likeness (QED) is 0.346. The van der Waals surface area contributed by atoms with Crippen molar-refractivity contribution in [3.05, 3.63) is 62.1 Å². The smallest absolute Gasteiger partial charge is 0.382 e. The maximum Gasteiger partial charge on any atom is 0.423 e. The normalized spacial score (nSPS) is 17.5. The van der Waals surface area contributed by atoms with Gasteiger partial charge in [-0.3, -0.25) is 14.9 Å². The van der Waals surface area contributed by atoms with Gasteiger partial charge < -0.3 is 20.0 Å². The van der Waals surface area contributed by atoms with Crippen molar-refractivity contribution >= 4 is 46.2 Å². The number of hydrogen-bond donors (Lipinski definition) is 1. The Morgan fingerprint density at radius 1 is 1.00 bits per heavy atom. The lowest BCUT2D eigenvalue weighted by atomic mass is 10.0. The van der Waals surface area contributed by atoms with E-state index in [2.05, 4.69) is 15.1 Å². The standard InChI is InChI=1S/C25H28Cl2F3N5O3/c26-21-3-2-19(16-22(21)27)33-11-13-34(14-12-33)24(36)7-10-32-8-5-17(6-9-32)31-18-1-4-23(35(37)38)20(15-18)25(28,29)30/h1-4,15-17,31H,5-14H2. The summed E-state index contributed by atoms with van der Waals surface area (Å²) in [6.45, 7) is 4.69. The number of halogens is 5. The second-order valence-electron chi connectivity index (χ2n) is 9.46. The fraction of sp³-hybridized carbons (Fsp3) is 0.480. The van der Waals surface area contributed by atoms with Gasteiger partial charge >= 0.3 is 6.18 Å². The maximum atomic E-state index is 13.2. The summed E-state index contributed by atoms with van der Waals surface area (Å²) in [5.74, 6) is 0.101. The molecular weight excluding hydrogens is 546 g/mol. The van der Waals surface area contributed by atoms with Crippen molar-refractivity contribution in [2.75, 3.05) is 56.0 Å². The molecule has 206 valence electrons. The van der Waals surface area contributed by atoms with Crippen molar-refractivity contribution < 1.29 is 22.9 Å². The van der Waals surface area contributed by atoms with Crippen LogP contribution in [0.4, 0.5) is 30.2 Å². The van der Waals surface area contributed by atoms with Crippen LogP contribution in [0.5, 0.6) is 0 Å². The molecule has 0 aromatic heterocycles. The van der Waals surface area contributed by atoms with Gasteiger partial charge in [-0.25, -0.2) is 0 Å². The van der Waals surface area contributed by atoms with E-state index >= 15 is 0 Å². The highest BCUT2D eigenvalue weighted by Crippen LogP contribution is 2.38. The summed E-state index contributed by atoms with van der Waals surface area (Å²) in [7, 11) is 0. The van der Waals surface area contributed by atoms with Gasteiger partial charge in [0.15, 0.2) is 0 Å². The molecule has 2 saturated heterocycles. The second kappa shape index (κ2) is 12.0. The molecule has 0 saturated carbocycles. The molecule has 2 aliphatic rings. The third-order valence-corrected chi connectivity index (χ3v) is 7.74. The zero-order valence-electron chi connectivity index (χ0n) is 20.5. The Labute approximate surface area is 228 Å². The van der Waals surface area contributed by atoms with Crippen LogP contribution < -0.4 is 10.2 Å². The summed E-state index contributed by atoms with van der Waals surface area (Å²) in [6, 6.07) is 8.44. The van der Waals surface area contributed by atoms with E-state index in [0.717, 1.165) is 17.8 Å². The van der Waals surface area contributed by atoms with E-state index < -0.39 is 22.4 Å². The van der Waals surface area contributed by atoms with E-state index in [1.54, 1.807) is 6.07 Å². The number of nitro groups is 1. The predicted molar refractivity (Wildman–Crippen MR) is 141 cm³/mol. The number of amides is 1. The molecule has 2 aromatic rings. The Hall–Kier alpha value is -2.76. The van der Waals surface area contributed by atoms with Gasteiger partial charge in [-0.15, -0.1) is 0 Å². The Morgan fingerprint density at radius 3 is 2.29 bits per heavy atom. The molecule has 4 rings (SSSR count). The number of carbonyl (C=O) groups excluding carboxylic acids is 1. The van der Waals surface area contributed by atoms with Crippen molar-refractivity contribution in [2.24, 2.45) is 0 Å². The molecule has 0 bridgehead atoms. The Morgan fingerprint density at radius 2 is 1.68 bits per heavy atom. The van der Waals surface area contributed by atoms with Crippen LogP contribution in [0.1, 0.15) is 24.8 Å². The van der Waals surface area contributed by atoms with Crippen LogP contribution in [-0.4, -0.2) is 72.5 Å². The van der Waals surface area contributed by atoms with Crippen molar-refractivity contribution in [2.45, 2.75) is 31.5 Å². The molecule has 1 amide bonds. The van der Waals surface area contributed by atoms with E-state index in [9.17, 15) is 28.1 Å². The minimum atomic E-state index is -4.81. The SMILES string of the molecule is O=C(CCN1CCC(Nc2ccc([N+](=O)[O-])c(C(F)(F)F)c2)CC1)N1CCN(c2ccc(Cl)c(Cl)c2)CC1. The van der Waals surface area contributed by atoms with Crippen LogP contribution >= 0.6 is 23.2 Å². The molecule has 0 aliphatic carbocycles. The molecule has 2 aliphatic heterocycles. The van der Waals surface area contributed by atoms with Crippen molar-refractivity contribution in [3.8, 4) is 0 Å². The molecule has 2 aromatic carbocycles. The van der Waals surface area contributed by atoms with Gasteiger partial charge in [-0.1, -0.05) is 23.2 Å². The van der Waals surface area contributed by atoms with Gasteiger partial charge in [0.05, 0.1) is 15.0 Å². The van der Waals surface area contributed by atoms with Crippen LogP contribution in [0.2, 0.25) is 10.0 Å². The summed E-state index contributed by atoms with van der Waals surface area (Å²) in [6.07, 6.45) is -3.03. The van der Waals surface area contributed by atoms with Crippen molar-refractivity contribution in [1.82, 2.24) is 9.80 Å². The van der Waals surface area contributed by atoms with Gasteiger partial charge in [0.1, 0.15) is 5.56 Å². The predicted octanol–water partition coefficient (Wildman–Crippen LogP) is 5.54. The number of benzene rings is 2.